The molecule has 0 amide bonds. The van der Waals surface area contributed by atoms with Crippen molar-refractivity contribution in [3.05, 3.63) is 0 Å². The van der Waals surface area contributed by atoms with Gasteiger partial charge >= 0.3 is 0 Å². The molecule has 0 aromatic heterocycles. The van der Waals surface area contributed by atoms with E-state index in [2.05, 4.69) is 5.32 Å². The van der Waals surface area contributed by atoms with Gasteiger partial charge in [-0.15, -0.1) is 0 Å². The summed E-state index contributed by atoms with van der Waals surface area (Å²) in [6.45, 7) is 3.46. The largest absolute Gasteiger partial charge is 0.396 e. The van der Waals surface area contributed by atoms with Gasteiger partial charge in [0.1, 0.15) is 0 Å². The molecule has 2 atom stereocenters. The molecular formula is C9H19NO2. The Morgan fingerprint density at radius 3 is 2.83 bits per heavy atom. The van der Waals surface area contributed by atoms with E-state index in [0.717, 1.165) is 25.8 Å². The average molecular weight is 173 g/mol. The van der Waals surface area contributed by atoms with Crippen LogP contribution in [0.2, 0.25) is 0 Å². The third-order valence-corrected chi connectivity index (χ3v) is 2.73. The first-order valence-corrected chi connectivity index (χ1v) is 4.67. The normalized spacial score (nSPS) is 36.8. The molecule has 2 unspecified atom stereocenters. The molecule has 0 bridgehead atoms. The van der Waals surface area contributed by atoms with Gasteiger partial charge in [0.2, 0.25) is 0 Å². The van der Waals surface area contributed by atoms with Crippen molar-refractivity contribution < 1.29 is 10.2 Å². The Hall–Kier alpha value is -0.120. The molecule has 1 rings (SSSR count). The van der Waals surface area contributed by atoms with Crippen LogP contribution in [-0.2, 0) is 0 Å². The van der Waals surface area contributed by atoms with Crippen molar-refractivity contribution in [1.29, 1.82) is 0 Å². The van der Waals surface area contributed by atoms with Crippen molar-refractivity contribution in [1.82, 2.24) is 5.32 Å². The lowest BCUT2D eigenvalue weighted by Gasteiger charge is -2.37. The number of hydrogen-bond acceptors (Lipinski definition) is 3. The predicted octanol–water partition coefficient (Wildman–Crippen LogP) is 0.119. The third-order valence-electron chi connectivity index (χ3n) is 2.73. The number of piperidine rings is 1. The van der Waals surface area contributed by atoms with Gasteiger partial charge in [-0.2, -0.15) is 0 Å². The van der Waals surface area contributed by atoms with Crippen molar-refractivity contribution in [2.45, 2.75) is 31.7 Å². The number of hydrogen-bond donors (Lipinski definition) is 3. The minimum Gasteiger partial charge on any atom is -0.396 e. The number of aliphatic hydroxyl groups is 2. The first kappa shape index (κ1) is 9.96. The number of aliphatic hydroxyl groups excluding tert-OH is 2. The Bertz CT molecular complexity index is 138. The van der Waals surface area contributed by atoms with Gasteiger partial charge in [-0.3, -0.25) is 0 Å². The quantitative estimate of drug-likeness (QED) is 0.568. The summed E-state index contributed by atoms with van der Waals surface area (Å²) >= 11 is 0. The van der Waals surface area contributed by atoms with Crippen LogP contribution in [0.1, 0.15) is 26.2 Å². The second-order valence-corrected chi connectivity index (χ2v) is 4.02. The Labute approximate surface area is 73.8 Å². The highest BCUT2D eigenvalue weighted by atomic mass is 16.3. The van der Waals surface area contributed by atoms with Crippen LogP contribution < -0.4 is 5.32 Å². The molecule has 3 N–H and O–H groups in total. The maximum absolute atomic E-state index is 9.11. The third kappa shape index (κ3) is 2.44. The summed E-state index contributed by atoms with van der Waals surface area (Å²) < 4.78 is 0. The van der Waals surface area contributed by atoms with E-state index >= 15 is 0 Å². The second-order valence-electron chi connectivity index (χ2n) is 4.02. The van der Waals surface area contributed by atoms with E-state index in [0.29, 0.717) is 5.92 Å². The minimum absolute atomic E-state index is 0.113. The maximum Gasteiger partial charge on any atom is 0.0610 e. The van der Waals surface area contributed by atoms with Crippen LogP contribution in [0.25, 0.3) is 0 Å². The van der Waals surface area contributed by atoms with E-state index in [1.54, 1.807) is 0 Å². The summed E-state index contributed by atoms with van der Waals surface area (Å²) in [5.74, 6) is 0.577. The van der Waals surface area contributed by atoms with Crippen molar-refractivity contribution >= 4 is 0 Å². The van der Waals surface area contributed by atoms with Gasteiger partial charge in [0.05, 0.1) is 6.61 Å². The van der Waals surface area contributed by atoms with Crippen LogP contribution in [0, 0.1) is 5.92 Å². The summed E-state index contributed by atoms with van der Waals surface area (Å²) in [5.41, 5.74) is -0.113. The van der Waals surface area contributed by atoms with E-state index in [9.17, 15) is 0 Å². The Morgan fingerprint density at radius 1 is 1.50 bits per heavy atom. The second kappa shape index (κ2) is 4.21. The Kier molecular flexibility index (Phi) is 3.50. The van der Waals surface area contributed by atoms with E-state index in [1.165, 1.54) is 0 Å². The molecule has 1 fully saturated rings. The summed E-state index contributed by atoms with van der Waals surface area (Å²) in [6, 6.07) is 0. The molecule has 0 spiro atoms. The molecule has 3 heteroatoms. The van der Waals surface area contributed by atoms with Crippen molar-refractivity contribution in [3.63, 3.8) is 0 Å². The zero-order chi connectivity index (χ0) is 9.03. The summed E-state index contributed by atoms with van der Waals surface area (Å²) in [7, 11) is 0. The first-order chi connectivity index (χ1) is 5.70. The van der Waals surface area contributed by atoms with Crippen LogP contribution in [0.5, 0.6) is 0 Å². The fourth-order valence-electron chi connectivity index (χ4n) is 1.94. The Balaban J connectivity index is 2.39. The van der Waals surface area contributed by atoms with E-state index in [1.807, 2.05) is 6.92 Å². The highest BCUT2D eigenvalue weighted by molar-refractivity contribution is 4.89. The lowest BCUT2D eigenvalue weighted by atomic mass is 9.82. The monoisotopic (exact) mass is 173 g/mol. The highest BCUT2D eigenvalue weighted by Crippen LogP contribution is 2.25. The smallest absolute Gasteiger partial charge is 0.0610 e. The number of rotatable bonds is 3. The molecule has 0 aromatic rings. The summed E-state index contributed by atoms with van der Waals surface area (Å²) in [4.78, 5) is 0. The van der Waals surface area contributed by atoms with E-state index in [4.69, 9.17) is 10.2 Å². The van der Waals surface area contributed by atoms with Gasteiger partial charge in [-0.25, -0.2) is 0 Å². The molecule has 0 aromatic carbocycles. The van der Waals surface area contributed by atoms with Crippen LogP contribution >= 0.6 is 0 Å². The summed E-state index contributed by atoms with van der Waals surface area (Å²) in [5, 5.41) is 21.2. The van der Waals surface area contributed by atoms with Crippen LogP contribution in [-0.4, -0.2) is 35.5 Å². The van der Waals surface area contributed by atoms with Gasteiger partial charge < -0.3 is 15.5 Å². The molecule has 12 heavy (non-hydrogen) atoms. The summed E-state index contributed by atoms with van der Waals surface area (Å²) in [6.07, 6.45) is 2.97. The zero-order valence-electron chi connectivity index (χ0n) is 7.71. The van der Waals surface area contributed by atoms with Crippen molar-refractivity contribution in [2.75, 3.05) is 19.8 Å². The van der Waals surface area contributed by atoms with Crippen LogP contribution in [0.4, 0.5) is 0 Å². The van der Waals surface area contributed by atoms with Gasteiger partial charge in [0.15, 0.2) is 0 Å². The lowest BCUT2D eigenvalue weighted by Crippen LogP contribution is -2.51. The fraction of sp³-hybridized carbons (Fsp3) is 1.00. The van der Waals surface area contributed by atoms with Gasteiger partial charge in [0.25, 0.3) is 0 Å². The maximum atomic E-state index is 9.11. The SMILES string of the molecule is CC1(CO)CC(CCO)CCN1. The molecular weight excluding hydrogens is 154 g/mol. The van der Waals surface area contributed by atoms with E-state index < -0.39 is 0 Å². The van der Waals surface area contributed by atoms with Crippen LogP contribution in [0.3, 0.4) is 0 Å². The highest BCUT2D eigenvalue weighted by Gasteiger charge is 2.30. The van der Waals surface area contributed by atoms with Gasteiger partial charge in [-0.05, 0) is 38.6 Å². The van der Waals surface area contributed by atoms with Crippen molar-refractivity contribution in [3.8, 4) is 0 Å². The molecule has 0 saturated carbocycles. The minimum atomic E-state index is -0.113. The fourth-order valence-corrected chi connectivity index (χ4v) is 1.94. The molecule has 1 aliphatic rings. The van der Waals surface area contributed by atoms with Crippen molar-refractivity contribution in [2.24, 2.45) is 5.92 Å². The Morgan fingerprint density at radius 2 is 2.25 bits per heavy atom. The number of nitrogens with one attached hydrogen (secondary N) is 1. The van der Waals surface area contributed by atoms with Gasteiger partial charge in [0, 0.05) is 12.1 Å². The molecule has 0 aliphatic carbocycles. The molecule has 0 radical (unpaired) electrons. The predicted molar refractivity (Wildman–Crippen MR) is 47.9 cm³/mol. The molecule has 1 heterocycles. The molecule has 3 nitrogen and oxygen atoms in total. The molecule has 72 valence electrons. The average Bonchev–Trinajstić information content (AvgIpc) is 2.05. The first-order valence-electron chi connectivity index (χ1n) is 4.67. The van der Waals surface area contributed by atoms with Crippen LogP contribution in [0.15, 0.2) is 0 Å². The standard InChI is InChI=1S/C9H19NO2/c1-9(7-12)6-8(3-5-11)2-4-10-9/h8,10-12H,2-7H2,1H3. The molecule has 1 aliphatic heterocycles. The van der Waals surface area contributed by atoms with Gasteiger partial charge in [-0.1, -0.05) is 0 Å². The zero-order valence-corrected chi connectivity index (χ0v) is 7.71. The van der Waals surface area contributed by atoms with E-state index in [-0.39, 0.29) is 18.8 Å². The topological polar surface area (TPSA) is 52.5 Å². The molecule has 1 saturated heterocycles. The lowest BCUT2D eigenvalue weighted by molar-refractivity contribution is 0.108.